The van der Waals surface area contributed by atoms with E-state index < -0.39 is 0 Å². The van der Waals surface area contributed by atoms with E-state index in [0.29, 0.717) is 0 Å². The lowest BCUT2D eigenvalue weighted by atomic mass is 9.77. The largest absolute Gasteiger partial charge is 0.0505 e. The van der Waals surface area contributed by atoms with Crippen molar-refractivity contribution in [1.82, 2.24) is 0 Å². The predicted octanol–water partition coefficient (Wildman–Crippen LogP) is 4.57. The Kier molecular flexibility index (Phi) is 1.79. The molecule has 1 aliphatic carbocycles. The molecule has 0 unspecified atom stereocenters. The van der Waals surface area contributed by atoms with Crippen LogP contribution >= 0.6 is 0 Å². The van der Waals surface area contributed by atoms with Crippen LogP contribution in [0.1, 0.15) is 22.3 Å². The van der Waals surface area contributed by atoms with E-state index in [1.165, 1.54) is 44.5 Å². The first kappa shape index (κ1) is 9.65. The van der Waals surface area contributed by atoms with Crippen LogP contribution in [-0.2, 0) is 0 Å². The summed E-state index contributed by atoms with van der Waals surface area (Å²) in [7, 11) is 0. The quantitative estimate of drug-likeness (QED) is 0.507. The minimum Gasteiger partial charge on any atom is -0.0505 e. The molecule has 0 fully saturated rings. The molecular weight excluding hydrogens is 192 g/mol. The number of hydrogen-bond donors (Lipinski definition) is 0. The minimum atomic E-state index is 1.39. The molecule has 0 amide bonds. The molecule has 0 heteroatoms. The lowest BCUT2D eigenvalue weighted by molar-refractivity contribution is 1.29. The fraction of sp³-hybridized carbons (Fsp3) is 0.250. The molecule has 0 spiro atoms. The monoisotopic (exact) mass is 208 g/mol. The summed E-state index contributed by atoms with van der Waals surface area (Å²) in [5.74, 6) is 0. The highest BCUT2D eigenvalue weighted by Crippen LogP contribution is 2.48. The van der Waals surface area contributed by atoms with Gasteiger partial charge in [0, 0.05) is 0 Å². The maximum atomic E-state index is 2.32. The van der Waals surface area contributed by atoms with Crippen molar-refractivity contribution in [2.45, 2.75) is 27.7 Å². The lowest BCUT2D eigenvalue weighted by Gasteiger charge is -2.26. The predicted molar refractivity (Wildman–Crippen MR) is 69.8 cm³/mol. The molecule has 0 heterocycles. The number of aryl methyl sites for hydroxylation is 4. The van der Waals surface area contributed by atoms with Crippen molar-refractivity contribution in [3.8, 4) is 22.3 Å². The van der Waals surface area contributed by atoms with Crippen molar-refractivity contribution < 1.29 is 0 Å². The van der Waals surface area contributed by atoms with Gasteiger partial charge < -0.3 is 0 Å². The number of rotatable bonds is 0. The average molecular weight is 208 g/mol. The molecule has 0 radical (unpaired) electrons. The first-order valence-corrected chi connectivity index (χ1v) is 5.81. The van der Waals surface area contributed by atoms with Crippen LogP contribution in [0.2, 0.25) is 0 Å². The van der Waals surface area contributed by atoms with Gasteiger partial charge >= 0.3 is 0 Å². The molecule has 0 N–H and O–H groups in total. The lowest BCUT2D eigenvalue weighted by Crippen LogP contribution is -2.02. The van der Waals surface area contributed by atoms with E-state index in [4.69, 9.17) is 0 Å². The van der Waals surface area contributed by atoms with Gasteiger partial charge in [-0.25, -0.2) is 0 Å². The van der Waals surface area contributed by atoms with Gasteiger partial charge in [-0.2, -0.15) is 0 Å². The number of hydrogen-bond acceptors (Lipinski definition) is 0. The van der Waals surface area contributed by atoms with Gasteiger partial charge in [0.05, 0.1) is 0 Å². The van der Waals surface area contributed by atoms with E-state index in [9.17, 15) is 0 Å². The van der Waals surface area contributed by atoms with E-state index in [1.807, 2.05) is 0 Å². The van der Waals surface area contributed by atoms with E-state index in [0.717, 1.165) is 0 Å². The zero-order chi connectivity index (χ0) is 11.4. The topological polar surface area (TPSA) is 0 Å². The Hall–Kier alpha value is -1.56. The third-order valence-electron chi connectivity index (χ3n) is 3.85. The fourth-order valence-corrected chi connectivity index (χ4v) is 2.46. The summed E-state index contributed by atoms with van der Waals surface area (Å²) in [4.78, 5) is 0. The number of fused-ring (bicyclic) bond motifs is 4. The summed E-state index contributed by atoms with van der Waals surface area (Å²) in [5.41, 5.74) is 11.3. The normalized spacial score (nSPS) is 11.8. The van der Waals surface area contributed by atoms with Gasteiger partial charge in [-0.05, 0) is 72.2 Å². The van der Waals surface area contributed by atoms with Crippen LogP contribution in [-0.4, -0.2) is 0 Å². The fourth-order valence-electron chi connectivity index (χ4n) is 2.46. The molecule has 0 saturated heterocycles. The van der Waals surface area contributed by atoms with Crippen molar-refractivity contribution in [1.29, 1.82) is 0 Å². The highest BCUT2D eigenvalue weighted by molar-refractivity contribution is 6.03. The Bertz CT molecular complexity index is 480. The zero-order valence-corrected chi connectivity index (χ0v) is 10.3. The molecule has 0 aliphatic heterocycles. The van der Waals surface area contributed by atoms with E-state index >= 15 is 0 Å². The third-order valence-corrected chi connectivity index (χ3v) is 3.85. The van der Waals surface area contributed by atoms with Crippen molar-refractivity contribution in [3.05, 3.63) is 46.5 Å². The second kappa shape index (κ2) is 2.98. The molecule has 80 valence electrons. The number of benzene rings is 2. The average Bonchev–Trinajstić information content (AvgIpc) is 2.26. The van der Waals surface area contributed by atoms with Crippen LogP contribution in [0.3, 0.4) is 0 Å². The Morgan fingerprint density at radius 2 is 0.625 bits per heavy atom. The summed E-state index contributed by atoms with van der Waals surface area (Å²) in [5, 5.41) is 0. The van der Waals surface area contributed by atoms with Crippen molar-refractivity contribution in [2.24, 2.45) is 0 Å². The molecule has 2 aromatic carbocycles. The Morgan fingerprint density at radius 3 is 0.812 bits per heavy atom. The van der Waals surface area contributed by atoms with E-state index in [-0.39, 0.29) is 0 Å². The van der Waals surface area contributed by atoms with Gasteiger partial charge in [0.25, 0.3) is 0 Å². The molecule has 0 aromatic heterocycles. The maximum Gasteiger partial charge on any atom is -0.00960 e. The van der Waals surface area contributed by atoms with Gasteiger partial charge in [0.2, 0.25) is 0 Å². The van der Waals surface area contributed by atoms with Crippen LogP contribution in [0.5, 0.6) is 0 Å². The Morgan fingerprint density at radius 1 is 0.438 bits per heavy atom. The second-order valence-corrected chi connectivity index (χ2v) is 4.96. The molecule has 0 saturated carbocycles. The molecule has 1 aliphatic rings. The summed E-state index contributed by atoms with van der Waals surface area (Å²) in [6.07, 6.45) is 0. The van der Waals surface area contributed by atoms with E-state index in [2.05, 4.69) is 52.0 Å². The van der Waals surface area contributed by atoms with Crippen molar-refractivity contribution in [2.75, 3.05) is 0 Å². The molecule has 0 atom stereocenters. The van der Waals surface area contributed by atoms with Crippen LogP contribution < -0.4 is 0 Å². The summed E-state index contributed by atoms with van der Waals surface area (Å²) in [6, 6.07) is 9.28. The van der Waals surface area contributed by atoms with Gasteiger partial charge in [0.1, 0.15) is 0 Å². The minimum absolute atomic E-state index is 1.39. The summed E-state index contributed by atoms with van der Waals surface area (Å²) >= 11 is 0. The Balaban J connectivity index is 2.26. The maximum absolute atomic E-state index is 2.32. The van der Waals surface area contributed by atoms with Gasteiger partial charge in [-0.15, -0.1) is 0 Å². The standard InChI is InChI=1S/C16H16/c1-9-5-13-14(6-10(9)2)16-8-12(4)11(3)7-15(13)16/h5-8H,1-4H3. The van der Waals surface area contributed by atoms with Gasteiger partial charge in [0.15, 0.2) is 0 Å². The SMILES string of the molecule is Cc1cc2c(cc1C)-c1cc(C)c(C)cc1-2. The third kappa shape index (κ3) is 1.10. The molecule has 16 heavy (non-hydrogen) atoms. The van der Waals surface area contributed by atoms with Crippen LogP contribution in [0.4, 0.5) is 0 Å². The van der Waals surface area contributed by atoms with Gasteiger partial charge in [-0.1, -0.05) is 24.3 Å². The smallest absolute Gasteiger partial charge is 0.00960 e. The molecule has 0 bridgehead atoms. The molecule has 3 rings (SSSR count). The Labute approximate surface area is 96.9 Å². The first-order chi connectivity index (χ1) is 7.58. The second-order valence-electron chi connectivity index (χ2n) is 4.96. The molecule has 0 nitrogen and oxygen atoms in total. The zero-order valence-electron chi connectivity index (χ0n) is 10.3. The highest BCUT2D eigenvalue weighted by Gasteiger charge is 2.23. The van der Waals surface area contributed by atoms with Crippen molar-refractivity contribution in [3.63, 3.8) is 0 Å². The van der Waals surface area contributed by atoms with Crippen LogP contribution in [0, 0.1) is 27.7 Å². The van der Waals surface area contributed by atoms with Crippen LogP contribution in [0.15, 0.2) is 24.3 Å². The first-order valence-electron chi connectivity index (χ1n) is 5.81. The van der Waals surface area contributed by atoms with Crippen LogP contribution in [0.25, 0.3) is 22.3 Å². The summed E-state index contributed by atoms with van der Waals surface area (Å²) in [6.45, 7) is 8.76. The van der Waals surface area contributed by atoms with Gasteiger partial charge in [-0.3, -0.25) is 0 Å². The van der Waals surface area contributed by atoms with Crippen molar-refractivity contribution >= 4 is 0 Å². The molecule has 2 aromatic rings. The van der Waals surface area contributed by atoms with E-state index in [1.54, 1.807) is 0 Å². The highest BCUT2D eigenvalue weighted by atomic mass is 14.3. The molecular formula is C16H16. The summed E-state index contributed by atoms with van der Waals surface area (Å²) < 4.78 is 0.